The molecule has 3 aromatic rings. The highest BCUT2D eigenvalue weighted by molar-refractivity contribution is 5.57. The Morgan fingerprint density at radius 3 is 2.33 bits per heavy atom. The second-order valence-electron chi connectivity index (χ2n) is 6.20. The zero-order valence-electron chi connectivity index (χ0n) is 15.0. The quantitative estimate of drug-likeness (QED) is 0.696. The minimum atomic E-state index is -0.497. The summed E-state index contributed by atoms with van der Waals surface area (Å²) in [6.07, 6.45) is 0. The average Bonchev–Trinajstić information content (AvgIpc) is 2.68. The van der Waals surface area contributed by atoms with E-state index < -0.39 is 5.56 Å². The van der Waals surface area contributed by atoms with Gasteiger partial charge in [-0.3, -0.25) is 9.36 Å². The van der Waals surface area contributed by atoms with Gasteiger partial charge in [-0.2, -0.15) is 10.4 Å². The first-order valence-electron chi connectivity index (χ1n) is 8.40. The van der Waals surface area contributed by atoms with E-state index in [9.17, 15) is 15.2 Å². The van der Waals surface area contributed by atoms with Crippen LogP contribution in [-0.2, 0) is 6.54 Å². The predicted molar refractivity (Wildman–Crippen MR) is 103 cm³/mol. The lowest BCUT2D eigenvalue weighted by Crippen LogP contribution is -2.22. The van der Waals surface area contributed by atoms with Crippen LogP contribution in [-0.4, -0.2) is 9.67 Å². The van der Waals surface area contributed by atoms with Gasteiger partial charge in [0.1, 0.15) is 11.6 Å². The molecule has 6 heteroatoms. The van der Waals surface area contributed by atoms with Crippen LogP contribution in [0.3, 0.4) is 0 Å². The number of benzene rings is 2. The fourth-order valence-electron chi connectivity index (χ4n) is 2.69. The number of hydrogen-bond donors (Lipinski definition) is 1. The Balaban J connectivity index is 2.10. The molecule has 0 unspecified atom stereocenters. The van der Waals surface area contributed by atoms with Gasteiger partial charge in [0.25, 0.3) is 5.56 Å². The Morgan fingerprint density at radius 2 is 1.70 bits per heavy atom. The highest BCUT2D eigenvalue weighted by atomic mass is 16.3. The van der Waals surface area contributed by atoms with E-state index in [1.54, 1.807) is 19.1 Å². The van der Waals surface area contributed by atoms with Gasteiger partial charge >= 0.3 is 0 Å². The van der Waals surface area contributed by atoms with E-state index in [0.717, 1.165) is 15.7 Å². The van der Waals surface area contributed by atoms with Crippen LogP contribution >= 0.6 is 0 Å². The van der Waals surface area contributed by atoms with E-state index in [1.807, 2.05) is 55.5 Å². The highest BCUT2D eigenvalue weighted by Gasteiger charge is 2.19. The number of pyridine rings is 1. The van der Waals surface area contributed by atoms with Crippen LogP contribution in [0.25, 0.3) is 0 Å². The van der Waals surface area contributed by atoms with Gasteiger partial charge in [-0.25, -0.2) is 0 Å². The lowest BCUT2D eigenvalue weighted by atomic mass is 10.1. The number of aryl methyl sites for hydroxylation is 1. The van der Waals surface area contributed by atoms with Crippen molar-refractivity contribution in [3.8, 4) is 11.9 Å². The van der Waals surface area contributed by atoms with E-state index in [1.165, 1.54) is 0 Å². The van der Waals surface area contributed by atoms with E-state index in [4.69, 9.17) is 0 Å². The Labute approximate surface area is 156 Å². The fourth-order valence-corrected chi connectivity index (χ4v) is 2.69. The lowest BCUT2D eigenvalue weighted by Gasteiger charge is -2.13. The summed E-state index contributed by atoms with van der Waals surface area (Å²) in [6.45, 7) is 3.68. The van der Waals surface area contributed by atoms with Gasteiger partial charge in [0.05, 0.1) is 12.2 Å². The molecule has 1 heterocycles. The van der Waals surface area contributed by atoms with Gasteiger partial charge in [-0.15, -0.1) is 5.11 Å². The first-order valence-corrected chi connectivity index (χ1v) is 8.40. The summed E-state index contributed by atoms with van der Waals surface area (Å²) in [6, 6.07) is 18.6. The summed E-state index contributed by atoms with van der Waals surface area (Å²) in [5, 5.41) is 28.0. The third-order valence-corrected chi connectivity index (χ3v) is 4.25. The SMILES string of the molecule is Cc1ccc(N=Nc2c(C)c(C#N)c(O)n(Cc3ccccc3)c2=O)cc1. The molecule has 0 bridgehead atoms. The minimum absolute atomic E-state index is 0.0170. The molecule has 0 amide bonds. The molecule has 134 valence electrons. The summed E-state index contributed by atoms with van der Waals surface area (Å²) >= 11 is 0. The Kier molecular flexibility index (Phi) is 5.13. The predicted octanol–water partition coefficient (Wildman–Crippen LogP) is 4.51. The molecule has 0 aliphatic heterocycles. The van der Waals surface area contributed by atoms with E-state index in [-0.39, 0.29) is 23.7 Å². The van der Waals surface area contributed by atoms with E-state index in [2.05, 4.69) is 10.2 Å². The van der Waals surface area contributed by atoms with Crippen molar-refractivity contribution >= 4 is 11.4 Å². The molecule has 0 radical (unpaired) electrons. The Bertz CT molecular complexity index is 1090. The molecular weight excluding hydrogens is 340 g/mol. The van der Waals surface area contributed by atoms with Crippen molar-refractivity contribution in [1.82, 2.24) is 4.57 Å². The molecule has 27 heavy (non-hydrogen) atoms. The van der Waals surface area contributed by atoms with E-state index in [0.29, 0.717) is 11.3 Å². The van der Waals surface area contributed by atoms with Crippen molar-refractivity contribution in [3.05, 3.63) is 87.2 Å². The van der Waals surface area contributed by atoms with Crippen molar-refractivity contribution in [1.29, 1.82) is 5.26 Å². The summed E-state index contributed by atoms with van der Waals surface area (Å²) in [5.41, 5.74) is 2.38. The van der Waals surface area contributed by atoms with Gasteiger partial charge in [0, 0.05) is 5.56 Å². The molecule has 6 nitrogen and oxygen atoms in total. The molecule has 1 aromatic heterocycles. The van der Waals surface area contributed by atoms with E-state index >= 15 is 0 Å². The third kappa shape index (κ3) is 3.77. The number of rotatable bonds is 4. The van der Waals surface area contributed by atoms with Crippen molar-refractivity contribution in [2.75, 3.05) is 0 Å². The zero-order chi connectivity index (χ0) is 19.4. The maximum atomic E-state index is 12.9. The maximum Gasteiger partial charge on any atom is 0.281 e. The smallest absolute Gasteiger partial charge is 0.281 e. The molecule has 1 N–H and O–H groups in total. The topological polar surface area (TPSA) is 90.7 Å². The molecule has 0 saturated heterocycles. The van der Waals surface area contributed by atoms with Gasteiger partial charge < -0.3 is 5.11 Å². The molecule has 0 saturated carbocycles. The van der Waals surface area contributed by atoms with Crippen LogP contribution in [0.15, 0.2) is 69.6 Å². The van der Waals surface area contributed by atoms with Crippen molar-refractivity contribution in [3.63, 3.8) is 0 Å². The minimum Gasteiger partial charge on any atom is -0.493 e. The second kappa shape index (κ2) is 7.67. The molecule has 0 aliphatic carbocycles. The van der Waals surface area contributed by atoms with Gasteiger partial charge in [0.2, 0.25) is 5.88 Å². The molecule has 0 spiro atoms. The summed E-state index contributed by atoms with van der Waals surface area (Å²) in [4.78, 5) is 12.9. The van der Waals surface area contributed by atoms with Gasteiger partial charge in [-0.05, 0) is 31.5 Å². The molecule has 0 aliphatic rings. The summed E-state index contributed by atoms with van der Waals surface area (Å²) in [7, 11) is 0. The van der Waals surface area contributed by atoms with Crippen LogP contribution in [0.2, 0.25) is 0 Å². The van der Waals surface area contributed by atoms with Gasteiger partial charge in [0.15, 0.2) is 5.69 Å². The average molecular weight is 358 g/mol. The number of aromatic hydroxyl groups is 1. The fraction of sp³-hybridized carbons (Fsp3) is 0.143. The third-order valence-electron chi connectivity index (χ3n) is 4.25. The largest absolute Gasteiger partial charge is 0.493 e. The van der Waals surface area contributed by atoms with Crippen LogP contribution < -0.4 is 5.56 Å². The van der Waals surface area contributed by atoms with Crippen LogP contribution in [0.5, 0.6) is 5.88 Å². The standard InChI is InChI=1S/C21H18N4O2/c1-14-8-10-17(11-9-14)23-24-19-15(2)18(12-22)20(26)25(21(19)27)13-16-6-4-3-5-7-16/h3-11,26H,13H2,1-2H3. The number of nitrogens with zero attached hydrogens (tertiary/aromatic N) is 4. The van der Waals surface area contributed by atoms with Crippen molar-refractivity contribution < 1.29 is 5.11 Å². The number of aromatic nitrogens is 1. The number of nitriles is 1. The molecule has 0 fully saturated rings. The first kappa shape index (κ1) is 18.1. The zero-order valence-corrected chi connectivity index (χ0v) is 15.0. The maximum absolute atomic E-state index is 12.9. The second-order valence-corrected chi connectivity index (χ2v) is 6.20. The Hall–Kier alpha value is -3.72. The first-order chi connectivity index (χ1) is 13.0. The normalized spacial score (nSPS) is 10.9. The van der Waals surface area contributed by atoms with Gasteiger partial charge in [-0.1, -0.05) is 48.0 Å². The molecule has 3 rings (SSSR count). The molecule has 2 aromatic carbocycles. The lowest BCUT2D eigenvalue weighted by molar-refractivity contribution is 0.412. The molecular formula is C21H18N4O2. The Morgan fingerprint density at radius 1 is 1.04 bits per heavy atom. The van der Waals surface area contributed by atoms with Crippen LogP contribution in [0, 0.1) is 25.2 Å². The van der Waals surface area contributed by atoms with Crippen molar-refractivity contribution in [2.24, 2.45) is 10.2 Å². The highest BCUT2D eigenvalue weighted by Crippen LogP contribution is 2.27. The van der Waals surface area contributed by atoms with Crippen molar-refractivity contribution in [2.45, 2.75) is 20.4 Å². The van der Waals surface area contributed by atoms with Crippen LogP contribution in [0.1, 0.15) is 22.3 Å². The monoisotopic (exact) mass is 358 g/mol. The summed E-state index contributed by atoms with van der Waals surface area (Å²) < 4.78 is 1.14. The number of azo groups is 1. The van der Waals surface area contributed by atoms with Crippen LogP contribution in [0.4, 0.5) is 11.4 Å². The summed E-state index contributed by atoms with van der Waals surface area (Å²) in [5.74, 6) is -0.363. The number of hydrogen-bond acceptors (Lipinski definition) is 5. The molecule has 0 atom stereocenters.